The minimum Gasteiger partial charge on any atom is -0.481 e. The molecule has 0 saturated carbocycles. The molecular weight excluding hydrogens is 369 g/mol. The number of hydrogen-bond acceptors (Lipinski definition) is 7. The van der Waals surface area contributed by atoms with Crippen LogP contribution in [0.5, 0.6) is 0 Å². The molecule has 0 bridgehead atoms. The molecule has 0 spiro atoms. The lowest BCUT2D eigenvalue weighted by atomic mass is 10.0. The normalized spacial score (nSPS) is 20.6. The van der Waals surface area contributed by atoms with Crippen molar-refractivity contribution in [3.8, 4) is 0 Å². The van der Waals surface area contributed by atoms with Gasteiger partial charge in [0.05, 0.1) is 5.70 Å². The summed E-state index contributed by atoms with van der Waals surface area (Å²) in [5, 5.41) is 7.42. The van der Waals surface area contributed by atoms with Crippen LogP contribution in [0.3, 0.4) is 0 Å². The summed E-state index contributed by atoms with van der Waals surface area (Å²) in [4.78, 5) is 61.0. The van der Waals surface area contributed by atoms with E-state index < -0.39 is 13.8 Å². The maximum atomic E-state index is 12.4. The third-order valence-corrected chi connectivity index (χ3v) is 3.49. The van der Waals surface area contributed by atoms with Gasteiger partial charge in [0.15, 0.2) is 0 Å². The highest BCUT2D eigenvalue weighted by molar-refractivity contribution is 7.45. The first-order valence-electron chi connectivity index (χ1n) is 7.76. The fraction of sp³-hybridized carbons (Fsp3) is 0.500. The zero-order valence-electron chi connectivity index (χ0n) is 14.0. The summed E-state index contributed by atoms with van der Waals surface area (Å²) in [6, 6.07) is 0. The van der Waals surface area contributed by atoms with Gasteiger partial charge in [-0.1, -0.05) is 0 Å². The molecule has 12 heteroatoms. The third-order valence-electron chi connectivity index (χ3n) is 3.49. The summed E-state index contributed by atoms with van der Waals surface area (Å²) in [6.07, 6.45) is 1.52. The number of rotatable bonds is 3. The third kappa shape index (κ3) is 6.26. The SMILES string of the molecule is CC(=O)O.O=C1C=C(N2CC2)C(=O)C(N2CC2)=C1N1CC1.O=P(O)(O)O. The molecule has 1 aliphatic carbocycles. The molecular formula is C14H20N3O8P. The number of nitrogens with zero attached hydrogens (tertiary/aromatic N) is 3. The van der Waals surface area contributed by atoms with Gasteiger partial charge in [0.1, 0.15) is 11.4 Å². The van der Waals surface area contributed by atoms with Crippen molar-refractivity contribution in [1.29, 1.82) is 0 Å². The highest BCUT2D eigenvalue weighted by Crippen LogP contribution is 2.33. The molecule has 0 radical (unpaired) electrons. The van der Waals surface area contributed by atoms with Gasteiger partial charge in [-0.3, -0.25) is 14.4 Å². The molecule has 11 nitrogen and oxygen atoms in total. The van der Waals surface area contributed by atoms with E-state index in [1.54, 1.807) is 0 Å². The smallest absolute Gasteiger partial charge is 0.466 e. The Labute approximate surface area is 149 Å². The van der Waals surface area contributed by atoms with Crippen molar-refractivity contribution < 1.29 is 38.7 Å². The summed E-state index contributed by atoms with van der Waals surface area (Å²) in [7, 11) is -4.64. The number of carboxylic acids is 1. The van der Waals surface area contributed by atoms with Crippen molar-refractivity contribution in [3.05, 3.63) is 23.2 Å². The van der Waals surface area contributed by atoms with Crippen molar-refractivity contribution in [2.45, 2.75) is 6.92 Å². The van der Waals surface area contributed by atoms with Crippen LogP contribution in [0, 0.1) is 0 Å². The van der Waals surface area contributed by atoms with Gasteiger partial charge >= 0.3 is 7.82 Å². The predicted molar refractivity (Wildman–Crippen MR) is 87.4 cm³/mol. The van der Waals surface area contributed by atoms with Crippen molar-refractivity contribution in [1.82, 2.24) is 14.7 Å². The molecule has 0 aromatic carbocycles. The van der Waals surface area contributed by atoms with Crippen LogP contribution in [-0.2, 0) is 18.9 Å². The molecule has 0 atom stereocenters. The highest BCUT2D eigenvalue weighted by atomic mass is 31.2. The number of carbonyl (C=O) groups is 3. The monoisotopic (exact) mass is 389 g/mol. The lowest BCUT2D eigenvalue weighted by Crippen LogP contribution is -2.29. The Kier molecular flexibility index (Phi) is 5.87. The highest BCUT2D eigenvalue weighted by Gasteiger charge is 2.43. The zero-order chi connectivity index (χ0) is 19.6. The lowest BCUT2D eigenvalue weighted by Gasteiger charge is -2.21. The Balaban J connectivity index is 0.000000229. The number of Topliss-reactive ketones (excluding diaryl/α,β-unsaturated/α-hetero) is 1. The van der Waals surface area contributed by atoms with Gasteiger partial charge in [-0.15, -0.1) is 0 Å². The standard InChI is InChI=1S/C12H13N3O2.C2H4O2.H3O4P/c16-9-7-8(13-1-2-13)12(17)11(15-5-6-15)10(9)14-3-4-14;1-2(3)4;1-5(2,3)4/h7H,1-6H2;1H3,(H,3,4);(H3,1,2,3,4). The summed E-state index contributed by atoms with van der Waals surface area (Å²) < 4.78 is 8.88. The Hall–Kier alpha value is -2.20. The van der Waals surface area contributed by atoms with E-state index in [-0.39, 0.29) is 11.6 Å². The van der Waals surface area contributed by atoms with Gasteiger partial charge < -0.3 is 34.5 Å². The number of allylic oxidation sites excluding steroid dienone is 1. The molecule has 26 heavy (non-hydrogen) atoms. The van der Waals surface area contributed by atoms with E-state index in [2.05, 4.69) is 0 Å². The van der Waals surface area contributed by atoms with E-state index in [1.165, 1.54) is 6.08 Å². The summed E-state index contributed by atoms with van der Waals surface area (Å²) >= 11 is 0. The van der Waals surface area contributed by atoms with Crippen LogP contribution in [0.4, 0.5) is 0 Å². The van der Waals surface area contributed by atoms with Crippen molar-refractivity contribution in [2.24, 2.45) is 0 Å². The van der Waals surface area contributed by atoms with Crippen molar-refractivity contribution in [2.75, 3.05) is 39.3 Å². The zero-order valence-corrected chi connectivity index (χ0v) is 14.9. The van der Waals surface area contributed by atoms with Crippen LogP contribution >= 0.6 is 7.82 Å². The van der Waals surface area contributed by atoms with Crippen LogP contribution in [-0.4, -0.2) is 91.3 Å². The second-order valence-corrected chi connectivity index (χ2v) is 6.94. The van der Waals surface area contributed by atoms with Gasteiger partial charge in [0, 0.05) is 52.3 Å². The molecule has 0 aromatic rings. The van der Waals surface area contributed by atoms with E-state index in [0.29, 0.717) is 17.1 Å². The second-order valence-electron chi connectivity index (χ2n) is 5.91. The first-order chi connectivity index (χ1) is 12.0. The molecule has 0 amide bonds. The molecule has 3 fully saturated rings. The maximum Gasteiger partial charge on any atom is 0.466 e. The molecule has 0 aromatic heterocycles. The summed E-state index contributed by atoms with van der Waals surface area (Å²) in [5.74, 6) is -0.785. The quantitative estimate of drug-likeness (QED) is 0.249. The van der Waals surface area contributed by atoms with Gasteiger partial charge in [-0.2, -0.15) is 0 Å². The van der Waals surface area contributed by atoms with Crippen LogP contribution < -0.4 is 0 Å². The molecule has 3 heterocycles. The average molecular weight is 389 g/mol. The Morgan fingerprint density at radius 3 is 1.62 bits per heavy atom. The Morgan fingerprint density at radius 2 is 1.27 bits per heavy atom. The van der Waals surface area contributed by atoms with Crippen molar-refractivity contribution >= 4 is 25.4 Å². The first kappa shape index (κ1) is 20.1. The van der Waals surface area contributed by atoms with Gasteiger partial charge in [0.25, 0.3) is 5.97 Å². The Bertz CT molecular complexity index is 716. The van der Waals surface area contributed by atoms with E-state index in [1.807, 2.05) is 14.7 Å². The minimum absolute atomic E-state index is 0.00546. The topological polar surface area (TPSA) is 158 Å². The fourth-order valence-electron chi connectivity index (χ4n) is 2.28. The number of carboxylic acid groups (broad SMARTS) is 1. The van der Waals surface area contributed by atoms with Gasteiger partial charge in [-0.25, -0.2) is 4.57 Å². The number of carbonyl (C=O) groups excluding carboxylic acids is 2. The van der Waals surface area contributed by atoms with Crippen LogP contribution in [0.2, 0.25) is 0 Å². The fourth-order valence-corrected chi connectivity index (χ4v) is 2.28. The van der Waals surface area contributed by atoms with Crippen molar-refractivity contribution in [3.63, 3.8) is 0 Å². The maximum absolute atomic E-state index is 12.4. The molecule has 3 aliphatic heterocycles. The average Bonchev–Trinajstić information content (AvgIpc) is 3.34. The molecule has 4 rings (SSSR count). The van der Waals surface area contributed by atoms with Gasteiger partial charge in [-0.05, 0) is 0 Å². The van der Waals surface area contributed by atoms with E-state index >= 15 is 0 Å². The lowest BCUT2D eigenvalue weighted by molar-refractivity contribution is -0.134. The van der Waals surface area contributed by atoms with E-state index in [9.17, 15) is 9.59 Å². The molecule has 144 valence electrons. The summed E-state index contributed by atoms with van der Waals surface area (Å²) in [6.45, 7) is 6.49. The minimum atomic E-state index is -4.64. The predicted octanol–water partition coefficient (Wildman–Crippen LogP) is -1.66. The van der Waals surface area contributed by atoms with Crippen LogP contribution in [0.25, 0.3) is 0 Å². The second kappa shape index (κ2) is 7.58. The molecule has 4 N–H and O–H groups in total. The summed E-state index contributed by atoms with van der Waals surface area (Å²) in [5.41, 5.74) is 1.89. The van der Waals surface area contributed by atoms with Crippen LogP contribution in [0.15, 0.2) is 23.2 Å². The van der Waals surface area contributed by atoms with E-state index in [0.717, 1.165) is 46.2 Å². The Morgan fingerprint density at radius 1 is 0.923 bits per heavy atom. The number of ketones is 2. The molecule has 0 unspecified atom stereocenters. The number of phosphoric acid groups is 1. The molecule has 3 saturated heterocycles. The largest absolute Gasteiger partial charge is 0.481 e. The molecule has 4 aliphatic rings. The number of aliphatic carboxylic acids is 1. The number of hydrogen-bond donors (Lipinski definition) is 4. The van der Waals surface area contributed by atoms with Gasteiger partial charge in [0.2, 0.25) is 11.6 Å². The van der Waals surface area contributed by atoms with Crippen LogP contribution in [0.1, 0.15) is 6.92 Å². The first-order valence-corrected chi connectivity index (χ1v) is 9.33. The van der Waals surface area contributed by atoms with E-state index in [4.69, 9.17) is 29.1 Å².